The van der Waals surface area contributed by atoms with Crippen molar-refractivity contribution in [1.82, 2.24) is 9.97 Å². The van der Waals surface area contributed by atoms with E-state index in [2.05, 4.69) is 20.6 Å². The molecule has 1 heterocycles. The number of carbonyl (C=O) groups is 2. The molecule has 8 heteroatoms. The topological polar surface area (TPSA) is 84.0 Å². The third-order valence-electron chi connectivity index (χ3n) is 2.74. The Labute approximate surface area is 136 Å². The zero-order valence-corrected chi connectivity index (χ0v) is 13.4. The lowest BCUT2D eigenvalue weighted by molar-refractivity contribution is -0.115. The van der Waals surface area contributed by atoms with Crippen LogP contribution in [0.1, 0.15) is 13.8 Å². The Hall–Kier alpha value is -2.48. The Balaban J connectivity index is 2.03. The Bertz CT molecular complexity index is 712. The number of rotatable bonds is 5. The molecular weight excluding hydrogens is 319 g/mol. The summed E-state index contributed by atoms with van der Waals surface area (Å²) >= 11 is 1.21. The van der Waals surface area contributed by atoms with Gasteiger partial charge >= 0.3 is 0 Å². The average Bonchev–Trinajstić information content (AvgIpc) is 2.51. The molecule has 1 aromatic carbocycles. The molecule has 1 unspecified atom stereocenters. The maximum Gasteiger partial charge on any atom is 0.237 e. The van der Waals surface area contributed by atoms with Gasteiger partial charge in [-0.2, -0.15) is 0 Å². The van der Waals surface area contributed by atoms with Gasteiger partial charge in [-0.15, -0.1) is 0 Å². The van der Waals surface area contributed by atoms with Crippen molar-refractivity contribution in [1.29, 1.82) is 0 Å². The molecule has 2 rings (SSSR count). The molecule has 0 radical (unpaired) electrons. The normalized spacial score (nSPS) is 11.6. The van der Waals surface area contributed by atoms with Gasteiger partial charge in [0, 0.05) is 25.0 Å². The summed E-state index contributed by atoms with van der Waals surface area (Å²) in [6, 6.07) is 5.66. The third kappa shape index (κ3) is 5.03. The summed E-state index contributed by atoms with van der Waals surface area (Å²) < 4.78 is 13.6. The van der Waals surface area contributed by atoms with Gasteiger partial charge in [0.15, 0.2) is 5.16 Å². The van der Waals surface area contributed by atoms with E-state index in [0.29, 0.717) is 10.8 Å². The van der Waals surface area contributed by atoms with E-state index in [0.717, 1.165) is 0 Å². The molecule has 0 aliphatic heterocycles. The van der Waals surface area contributed by atoms with E-state index in [1.54, 1.807) is 25.4 Å². The molecule has 0 saturated carbocycles. The van der Waals surface area contributed by atoms with E-state index < -0.39 is 17.0 Å². The van der Waals surface area contributed by atoms with Crippen LogP contribution < -0.4 is 10.6 Å². The summed E-state index contributed by atoms with van der Waals surface area (Å²) in [6.45, 7) is 3.00. The molecule has 0 aliphatic rings. The van der Waals surface area contributed by atoms with Gasteiger partial charge in [0.1, 0.15) is 5.82 Å². The first-order valence-corrected chi connectivity index (χ1v) is 7.65. The van der Waals surface area contributed by atoms with Crippen LogP contribution in [-0.4, -0.2) is 27.0 Å². The van der Waals surface area contributed by atoms with Gasteiger partial charge < -0.3 is 10.6 Å². The number of amides is 2. The number of nitrogens with one attached hydrogen (secondary N) is 2. The van der Waals surface area contributed by atoms with Gasteiger partial charge in [0.05, 0.1) is 10.9 Å². The lowest BCUT2D eigenvalue weighted by atomic mass is 10.2. The van der Waals surface area contributed by atoms with Crippen molar-refractivity contribution < 1.29 is 14.0 Å². The number of nitrogens with zero attached hydrogens (tertiary/aromatic N) is 2. The average molecular weight is 334 g/mol. The highest BCUT2D eigenvalue weighted by Gasteiger charge is 2.16. The van der Waals surface area contributed by atoms with E-state index in [9.17, 15) is 14.0 Å². The summed E-state index contributed by atoms with van der Waals surface area (Å²) in [5, 5.41) is 5.09. The van der Waals surface area contributed by atoms with Crippen LogP contribution in [0.15, 0.2) is 41.8 Å². The van der Waals surface area contributed by atoms with Crippen LogP contribution in [-0.2, 0) is 9.59 Å². The molecule has 2 aromatic rings. The van der Waals surface area contributed by atoms with Crippen molar-refractivity contribution in [3.8, 4) is 0 Å². The van der Waals surface area contributed by atoms with Crippen LogP contribution in [0.4, 0.5) is 15.8 Å². The Morgan fingerprint density at radius 2 is 1.91 bits per heavy atom. The quantitative estimate of drug-likeness (QED) is 0.649. The lowest BCUT2D eigenvalue weighted by Crippen LogP contribution is -2.22. The summed E-state index contributed by atoms with van der Waals surface area (Å²) in [6.07, 6.45) is 3.19. The third-order valence-corrected chi connectivity index (χ3v) is 3.73. The molecular formula is C15H15FN4O2S. The summed E-state index contributed by atoms with van der Waals surface area (Å²) in [5.74, 6) is -1.24. The fraction of sp³-hybridized carbons (Fsp3) is 0.200. The Morgan fingerprint density at radius 1 is 1.22 bits per heavy atom. The van der Waals surface area contributed by atoms with Crippen LogP contribution >= 0.6 is 11.8 Å². The molecule has 2 N–H and O–H groups in total. The van der Waals surface area contributed by atoms with E-state index in [-0.39, 0.29) is 11.6 Å². The van der Waals surface area contributed by atoms with Crippen LogP contribution in [0, 0.1) is 5.82 Å². The fourth-order valence-corrected chi connectivity index (χ4v) is 2.42. The summed E-state index contributed by atoms with van der Waals surface area (Å²) in [7, 11) is 0. The highest BCUT2D eigenvalue weighted by atomic mass is 32.2. The van der Waals surface area contributed by atoms with Crippen molar-refractivity contribution in [2.24, 2.45) is 0 Å². The fourth-order valence-electron chi connectivity index (χ4n) is 1.69. The molecule has 2 amide bonds. The van der Waals surface area contributed by atoms with E-state index >= 15 is 0 Å². The standard InChI is InChI=1S/C15H15FN4O2S/c1-9(23-15-17-6-3-7-18-15)14(22)20-11-4-5-12(16)13(8-11)19-10(2)21/h3-9H,1-2H3,(H,19,21)(H,20,22). The molecule has 0 fully saturated rings. The van der Waals surface area contributed by atoms with E-state index in [4.69, 9.17) is 0 Å². The van der Waals surface area contributed by atoms with Crippen molar-refractivity contribution in [2.75, 3.05) is 10.6 Å². The second-order valence-electron chi connectivity index (χ2n) is 4.66. The van der Waals surface area contributed by atoms with Gasteiger partial charge in [-0.1, -0.05) is 11.8 Å². The molecule has 0 spiro atoms. The van der Waals surface area contributed by atoms with Crippen molar-refractivity contribution in [3.63, 3.8) is 0 Å². The molecule has 0 bridgehead atoms. The zero-order chi connectivity index (χ0) is 16.8. The number of hydrogen-bond acceptors (Lipinski definition) is 5. The maximum absolute atomic E-state index is 13.6. The number of thioether (sulfide) groups is 1. The highest BCUT2D eigenvalue weighted by Crippen LogP contribution is 2.22. The van der Waals surface area contributed by atoms with Crippen molar-refractivity contribution in [2.45, 2.75) is 24.3 Å². The minimum absolute atomic E-state index is 0.0157. The van der Waals surface area contributed by atoms with Gasteiger partial charge in [-0.3, -0.25) is 9.59 Å². The minimum atomic E-state index is -0.571. The van der Waals surface area contributed by atoms with Crippen LogP contribution in [0.2, 0.25) is 0 Å². The Morgan fingerprint density at radius 3 is 2.57 bits per heavy atom. The number of carbonyl (C=O) groups excluding carboxylic acids is 2. The SMILES string of the molecule is CC(=O)Nc1cc(NC(=O)C(C)Sc2ncccn2)ccc1F. The highest BCUT2D eigenvalue weighted by molar-refractivity contribution is 8.00. The first-order chi connectivity index (χ1) is 11.0. The van der Waals surface area contributed by atoms with Crippen LogP contribution in [0.25, 0.3) is 0 Å². The molecule has 1 aromatic heterocycles. The molecule has 23 heavy (non-hydrogen) atoms. The van der Waals surface area contributed by atoms with Crippen molar-refractivity contribution >= 4 is 35.0 Å². The summed E-state index contributed by atoms with van der Waals surface area (Å²) in [5.41, 5.74) is 0.406. The second-order valence-corrected chi connectivity index (χ2v) is 5.96. The first kappa shape index (κ1) is 16.9. The number of anilines is 2. The molecule has 1 atom stereocenters. The smallest absolute Gasteiger partial charge is 0.237 e. The molecule has 0 saturated heterocycles. The van der Waals surface area contributed by atoms with E-state index in [1.807, 2.05) is 0 Å². The lowest BCUT2D eigenvalue weighted by Gasteiger charge is -2.12. The zero-order valence-electron chi connectivity index (χ0n) is 12.5. The molecule has 120 valence electrons. The minimum Gasteiger partial charge on any atom is -0.325 e. The van der Waals surface area contributed by atoms with Gasteiger partial charge in [0.2, 0.25) is 11.8 Å². The largest absolute Gasteiger partial charge is 0.325 e. The Kier molecular flexibility index (Phi) is 5.64. The van der Waals surface area contributed by atoms with Crippen LogP contribution in [0.3, 0.4) is 0 Å². The molecule has 6 nitrogen and oxygen atoms in total. The molecule has 0 aliphatic carbocycles. The monoisotopic (exact) mass is 334 g/mol. The van der Waals surface area contributed by atoms with Crippen molar-refractivity contribution in [3.05, 3.63) is 42.5 Å². The number of benzene rings is 1. The van der Waals surface area contributed by atoms with Gasteiger partial charge in [-0.25, -0.2) is 14.4 Å². The number of aromatic nitrogens is 2. The van der Waals surface area contributed by atoms with Gasteiger partial charge in [-0.05, 0) is 31.2 Å². The summed E-state index contributed by atoms with van der Waals surface area (Å²) in [4.78, 5) is 31.3. The second kappa shape index (κ2) is 7.68. The predicted octanol–water partition coefficient (Wildman–Crippen LogP) is 2.69. The van der Waals surface area contributed by atoms with Crippen LogP contribution in [0.5, 0.6) is 0 Å². The van der Waals surface area contributed by atoms with Gasteiger partial charge in [0.25, 0.3) is 0 Å². The number of hydrogen-bond donors (Lipinski definition) is 2. The first-order valence-electron chi connectivity index (χ1n) is 6.77. The predicted molar refractivity (Wildman–Crippen MR) is 86.7 cm³/mol. The maximum atomic E-state index is 13.6. The number of halogens is 1. The van der Waals surface area contributed by atoms with E-state index in [1.165, 1.54) is 36.9 Å².